The molecule has 1 amide bonds. The second kappa shape index (κ2) is 8.04. The lowest BCUT2D eigenvalue weighted by atomic mass is 10.1. The molecule has 1 aromatic heterocycles. The van der Waals surface area contributed by atoms with Crippen molar-refractivity contribution in [3.8, 4) is 5.75 Å². The highest BCUT2D eigenvalue weighted by Crippen LogP contribution is 2.31. The van der Waals surface area contributed by atoms with Crippen LogP contribution in [0.2, 0.25) is 0 Å². The molecule has 0 fully saturated rings. The van der Waals surface area contributed by atoms with Crippen LogP contribution in [0.5, 0.6) is 5.75 Å². The van der Waals surface area contributed by atoms with Gasteiger partial charge in [-0.2, -0.15) is 0 Å². The molecule has 136 valence electrons. The van der Waals surface area contributed by atoms with E-state index in [1.807, 2.05) is 38.1 Å². The number of ether oxygens (including phenoxy) is 1. The first-order chi connectivity index (χ1) is 12.6. The number of furan rings is 1. The molecule has 3 aromatic rings. The summed E-state index contributed by atoms with van der Waals surface area (Å²) in [6.45, 7) is 4.33. The van der Waals surface area contributed by atoms with Crippen molar-refractivity contribution in [2.75, 3.05) is 6.61 Å². The third-order valence-electron chi connectivity index (χ3n) is 4.21. The Kier molecular flexibility index (Phi) is 5.56. The average molecular weight is 355 g/mol. The van der Waals surface area contributed by atoms with E-state index in [0.29, 0.717) is 35.7 Å². The molecule has 2 aromatic carbocycles. The van der Waals surface area contributed by atoms with Crippen molar-refractivity contribution < 1.29 is 18.3 Å². The molecule has 0 aliphatic rings. The molecule has 0 saturated heterocycles. The molecule has 3 rings (SSSR count). The van der Waals surface area contributed by atoms with Gasteiger partial charge in [-0.05, 0) is 44.0 Å². The van der Waals surface area contributed by atoms with Gasteiger partial charge in [-0.15, -0.1) is 0 Å². The molecule has 4 nitrogen and oxygen atoms in total. The van der Waals surface area contributed by atoms with Crippen LogP contribution in [-0.2, 0) is 11.2 Å². The van der Waals surface area contributed by atoms with Crippen LogP contribution in [0.1, 0.15) is 37.6 Å². The standard InChI is InChI=1S/C21H22FNO3/c1-3-25-18-10-6-8-16-13-19(26-21(16)18)14(2)23-20(24)12-11-15-7-4-5-9-17(15)22/h4-10,13-14H,3,11-12H2,1-2H3,(H,23,24). The zero-order valence-electron chi connectivity index (χ0n) is 14.9. The summed E-state index contributed by atoms with van der Waals surface area (Å²) in [4.78, 5) is 12.2. The van der Waals surface area contributed by atoms with Gasteiger partial charge in [-0.1, -0.05) is 30.3 Å². The van der Waals surface area contributed by atoms with Crippen molar-refractivity contribution in [1.82, 2.24) is 5.32 Å². The fraction of sp³-hybridized carbons (Fsp3) is 0.286. The first-order valence-electron chi connectivity index (χ1n) is 8.76. The molecule has 1 heterocycles. The Bertz CT molecular complexity index is 903. The summed E-state index contributed by atoms with van der Waals surface area (Å²) < 4.78 is 25.1. The van der Waals surface area contributed by atoms with Gasteiger partial charge in [0, 0.05) is 11.8 Å². The summed E-state index contributed by atoms with van der Waals surface area (Å²) in [6.07, 6.45) is 0.579. The Morgan fingerprint density at radius 3 is 2.81 bits per heavy atom. The van der Waals surface area contributed by atoms with E-state index >= 15 is 0 Å². The topological polar surface area (TPSA) is 51.5 Å². The van der Waals surface area contributed by atoms with E-state index in [9.17, 15) is 9.18 Å². The second-order valence-corrected chi connectivity index (χ2v) is 6.14. The molecular weight excluding hydrogens is 333 g/mol. The fourth-order valence-corrected chi connectivity index (χ4v) is 2.87. The van der Waals surface area contributed by atoms with Crippen molar-refractivity contribution in [2.45, 2.75) is 32.7 Å². The van der Waals surface area contributed by atoms with Crippen molar-refractivity contribution in [3.05, 3.63) is 65.7 Å². The first kappa shape index (κ1) is 18.0. The van der Waals surface area contributed by atoms with Crippen LogP contribution in [-0.4, -0.2) is 12.5 Å². The van der Waals surface area contributed by atoms with Crippen LogP contribution in [0.15, 0.2) is 52.9 Å². The minimum Gasteiger partial charge on any atom is -0.490 e. The number of hydrogen-bond donors (Lipinski definition) is 1. The molecule has 5 heteroatoms. The van der Waals surface area contributed by atoms with Gasteiger partial charge in [0.2, 0.25) is 5.91 Å². The van der Waals surface area contributed by atoms with E-state index in [-0.39, 0.29) is 24.2 Å². The molecule has 0 aliphatic carbocycles. The molecule has 1 unspecified atom stereocenters. The third kappa shape index (κ3) is 4.04. The van der Waals surface area contributed by atoms with Gasteiger partial charge in [-0.25, -0.2) is 4.39 Å². The monoisotopic (exact) mass is 355 g/mol. The number of amides is 1. The molecule has 1 atom stereocenters. The SMILES string of the molecule is CCOc1cccc2cc(C(C)NC(=O)CCc3ccccc3F)oc12. The minimum absolute atomic E-state index is 0.147. The summed E-state index contributed by atoms with van der Waals surface area (Å²) in [7, 11) is 0. The predicted octanol–water partition coefficient (Wildman–Crippen LogP) is 4.78. The number of carbonyl (C=O) groups is 1. The Morgan fingerprint density at radius 2 is 2.04 bits per heavy atom. The lowest BCUT2D eigenvalue weighted by Crippen LogP contribution is -2.26. The third-order valence-corrected chi connectivity index (χ3v) is 4.21. The number of benzene rings is 2. The maximum absolute atomic E-state index is 13.6. The van der Waals surface area contributed by atoms with E-state index in [4.69, 9.17) is 9.15 Å². The van der Waals surface area contributed by atoms with E-state index in [1.54, 1.807) is 18.2 Å². The van der Waals surface area contributed by atoms with Gasteiger partial charge in [0.15, 0.2) is 11.3 Å². The zero-order chi connectivity index (χ0) is 18.5. The molecule has 0 spiro atoms. The predicted molar refractivity (Wildman–Crippen MR) is 98.7 cm³/mol. The highest BCUT2D eigenvalue weighted by atomic mass is 19.1. The number of nitrogens with one attached hydrogen (secondary N) is 1. The molecule has 0 radical (unpaired) electrons. The van der Waals surface area contributed by atoms with E-state index in [2.05, 4.69) is 5.32 Å². The number of aryl methyl sites for hydroxylation is 1. The van der Waals surface area contributed by atoms with Gasteiger partial charge >= 0.3 is 0 Å². The maximum atomic E-state index is 13.6. The Morgan fingerprint density at radius 1 is 1.23 bits per heavy atom. The van der Waals surface area contributed by atoms with Gasteiger partial charge < -0.3 is 14.5 Å². The molecule has 1 N–H and O–H groups in total. The lowest BCUT2D eigenvalue weighted by molar-refractivity contribution is -0.121. The van der Waals surface area contributed by atoms with Crippen LogP contribution in [0.4, 0.5) is 4.39 Å². The number of hydrogen-bond acceptors (Lipinski definition) is 3. The highest BCUT2D eigenvalue weighted by Gasteiger charge is 2.16. The zero-order valence-corrected chi connectivity index (χ0v) is 14.9. The molecule has 0 bridgehead atoms. The summed E-state index contributed by atoms with van der Waals surface area (Å²) in [5.41, 5.74) is 1.22. The summed E-state index contributed by atoms with van der Waals surface area (Å²) >= 11 is 0. The number of fused-ring (bicyclic) bond motifs is 1. The normalized spacial score (nSPS) is 12.1. The summed E-state index contributed by atoms with van der Waals surface area (Å²) in [6, 6.07) is 13.8. The smallest absolute Gasteiger partial charge is 0.220 e. The van der Waals surface area contributed by atoms with Crippen LogP contribution >= 0.6 is 0 Å². The second-order valence-electron chi connectivity index (χ2n) is 6.14. The van der Waals surface area contributed by atoms with Crippen molar-refractivity contribution in [2.24, 2.45) is 0 Å². The molecule has 26 heavy (non-hydrogen) atoms. The fourth-order valence-electron chi connectivity index (χ4n) is 2.87. The van der Waals surface area contributed by atoms with E-state index < -0.39 is 0 Å². The average Bonchev–Trinajstić information content (AvgIpc) is 3.07. The van der Waals surface area contributed by atoms with Crippen LogP contribution < -0.4 is 10.1 Å². The quantitative estimate of drug-likeness (QED) is 0.663. The van der Waals surface area contributed by atoms with Crippen molar-refractivity contribution in [1.29, 1.82) is 0 Å². The van der Waals surface area contributed by atoms with Crippen LogP contribution in [0.25, 0.3) is 11.0 Å². The van der Waals surface area contributed by atoms with Crippen LogP contribution in [0.3, 0.4) is 0 Å². The van der Waals surface area contributed by atoms with Crippen molar-refractivity contribution in [3.63, 3.8) is 0 Å². The Labute approximate surface area is 152 Å². The highest BCUT2D eigenvalue weighted by molar-refractivity contribution is 5.84. The molecule has 0 aliphatic heterocycles. The Hall–Kier alpha value is -2.82. The molecule has 0 saturated carbocycles. The van der Waals surface area contributed by atoms with Crippen LogP contribution in [0, 0.1) is 5.82 Å². The number of halogens is 1. The summed E-state index contributed by atoms with van der Waals surface area (Å²) in [5, 5.41) is 3.83. The van der Waals surface area contributed by atoms with E-state index in [0.717, 1.165) is 5.39 Å². The van der Waals surface area contributed by atoms with Gasteiger partial charge in [-0.3, -0.25) is 4.79 Å². The van der Waals surface area contributed by atoms with E-state index in [1.165, 1.54) is 6.07 Å². The lowest BCUT2D eigenvalue weighted by Gasteiger charge is -2.11. The summed E-state index contributed by atoms with van der Waals surface area (Å²) in [5.74, 6) is 0.918. The van der Waals surface area contributed by atoms with Crippen molar-refractivity contribution >= 4 is 16.9 Å². The van der Waals surface area contributed by atoms with Gasteiger partial charge in [0.1, 0.15) is 11.6 Å². The van der Waals surface area contributed by atoms with Gasteiger partial charge in [0.25, 0.3) is 0 Å². The minimum atomic E-state index is -0.287. The number of rotatable bonds is 7. The number of carbonyl (C=O) groups excluding carboxylic acids is 1. The van der Waals surface area contributed by atoms with Gasteiger partial charge in [0.05, 0.1) is 12.6 Å². The largest absolute Gasteiger partial charge is 0.490 e. The number of para-hydroxylation sites is 1. The maximum Gasteiger partial charge on any atom is 0.220 e. The first-order valence-corrected chi connectivity index (χ1v) is 8.76. The molecular formula is C21H22FNO3. The Balaban J connectivity index is 1.65.